The number of rotatable bonds is 7. The van der Waals surface area contributed by atoms with E-state index in [1.807, 2.05) is 49.6 Å². The van der Waals surface area contributed by atoms with Crippen molar-refractivity contribution in [3.8, 4) is 27.9 Å². The van der Waals surface area contributed by atoms with E-state index < -0.39 is 5.97 Å². The van der Waals surface area contributed by atoms with Gasteiger partial charge in [-0.05, 0) is 38.1 Å². The molecule has 0 fully saturated rings. The highest BCUT2D eigenvalue weighted by Gasteiger charge is 2.24. The van der Waals surface area contributed by atoms with Crippen LogP contribution in [0.15, 0.2) is 47.8 Å². The lowest BCUT2D eigenvalue weighted by molar-refractivity contribution is 0.0698. The molecule has 9 heteroatoms. The number of carboxylic acids is 1. The van der Waals surface area contributed by atoms with Crippen molar-refractivity contribution in [1.29, 1.82) is 0 Å². The summed E-state index contributed by atoms with van der Waals surface area (Å²) in [7, 11) is 3.16. The molecule has 0 aliphatic heterocycles. The second-order valence-electron chi connectivity index (χ2n) is 7.07. The number of aryl methyl sites for hydroxylation is 2. The fourth-order valence-corrected chi connectivity index (χ4v) is 4.28. The molecule has 32 heavy (non-hydrogen) atoms. The maximum Gasteiger partial charge on any atom is 0.337 e. The summed E-state index contributed by atoms with van der Waals surface area (Å²) >= 11 is 1.42. The van der Waals surface area contributed by atoms with Crippen LogP contribution in [0.2, 0.25) is 0 Å². The maximum absolute atomic E-state index is 11.9. The van der Waals surface area contributed by atoms with Gasteiger partial charge in [-0.25, -0.2) is 14.5 Å². The summed E-state index contributed by atoms with van der Waals surface area (Å²) in [6.45, 7) is 3.74. The number of thiazole rings is 1. The normalized spacial score (nSPS) is 10.8. The Kier molecular flexibility index (Phi) is 5.83. The van der Waals surface area contributed by atoms with Gasteiger partial charge in [0, 0.05) is 0 Å². The standard InChI is InChI=1S/C23H22N4O4S/c1-13-9-10-16(15(11-13)23(28)29)24-21-20(22-25-19(31-4)12-32-22)14(2)26-27(21)17-7-5-6-8-18(17)30-3/h5-12,24H,1-4H3,(H,28,29). The van der Waals surface area contributed by atoms with Crippen LogP contribution in [-0.4, -0.2) is 40.1 Å². The van der Waals surface area contributed by atoms with Gasteiger partial charge < -0.3 is 19.9 Å². The van der Waals surface area contributed by atoms with Crippen LogP contribution in [0.4, 0.5) is 11.5 Å². The van der Waals surface area contributed by atoms with E-state index in [4.69, 9.17) is 14.6 Å². The number of carboxylic acid groups (broad SMARTS) is 1. The summed E-state index contributed by atoms with van der Waals surface area (Å²) < 4.78 is 12.5. The van der Waals surface area contributed by atoms with Gasteiger partial charge in [-0.3, -0.25) is 0 Å². The first-order valence-corrected chi connectivity index (χ1v) is 10.6. The van der Waals surface area contributed by atoms with Crippen molar-refractivity contribution in [2.45, 2.75) is 13.8 Å². The minimum absolute atomic E-state index is 0.165. The number of hydrogen-bond acceptors (Lipinski definition) is 7. The highest BCUT2D eigenvalue weighted by atomic mass is 32.1. The molecule has 0 aliphatic rings. The molecule has 0 saturated heterocycles. The average Bonchev–Trinajstić information content (AvgIpc) is 3.38. The Hall–Kier alpha value is -3.85. The lowest BCUT2D eigenvalue weighted by Gasteiger charge is -2.15. The van der Waals surface area contributed by atoms with Gasteiger partial charge >= 0.3 is 5.97 Å². The molecule has 0 radical (unpaired) electrons. The van der Waals surface area contributed by atoms with Crippen LogP contribution in [0, 0.1) is 13.8 Å². The number of nitrogens with zero attached hydrogens (tertiary/aromatic N) is 3. The highest BCUT2D eigenvalue weighted by molar-refractivity contribution is 7.13. The predicted octanol–water partition coefficient (Wildman–Crippen LogP) is 5.07. The molecule has 0 unspecified atom stereocenters. The first-order valence-electron chi connectivity index (χ1n) is 9.76. The number of ether oxygens (including phenoxy) is 2. The van der Waals surface area contributed by atoms with Crippen LogP contribution in [-0.2, 0) is 0 Å². The maximum atomic E-state index is 11.9. The Morgan fingerprint density at radius 2 is 1.91 bits per heavy atom. The molecule has 0 atom stereocenters. The zero-order chi connectivity index (χ0) is 22.8. The van der Waals surface area contributed by atoms with Crippen LogP contribution in [0.5, 0.6) is 11.6 Å². The lowest BCUT2D eigenvalue weighted by atomic mass is 10.1. The second-order valence-corrected chi connectivity index (χ2v) is 7.92. The molecule has 4 aromatic rings. The van der Waals surface area contributed by atoms with Crippen molar-refractivity contribution in [2.24, 2.45) is 0 Å². The monoisotopic (exact) mass is 450 g/mol. The molecule has 0 spiro atoms. The van der Waals surface area contributed by atoms with Gasteiger partial charge in [-0.1, -0.05) is 23.8 Å². The van der Waals surface area contributed by atoms with E-state index in [1.54, 1.807) is 31.0 Å². The van der Waals surface area contributed by atoms with Gasteiger partial charge in [0.2, 0.25) is 5.88 Å². The van der Waals surface area contributed by atoms with E-state index >= 15 is 0 Å². The molecule has 2 aromatic heterocycles. The van der Waals surface area contributed by atoms with Gasteiger partial charge in [0.05, 0.1) is 42.1 Å². The highest BCUT2D eigenvalue weighted by Crippen LogP contribution is 2.40. The van der Waals surface area contributed by atoms with Crippen LogP contribution in [0.1, 0.15) is 21.6 Å². The molecule has 0 amide bonds. The Labute approximate surface area is 189 Å². The van der Waals surface area contributed by atoms with Crippen LogP contribution in [0.25, 0.3) is 16.3 Å². The minimum atomic E-state index is -1.02. The molecule has 0 bridgehead atoms. The Bertz CT molecular complexity index is 1300. The van der Waals surface area contributed by atoms with E-state index in [1.165, 1.54) is 11.3 Å². The van der Waals surface area contributed by atoms with E-state index in [-0.39, 0.29) is 5.56 Å². The molecule has 2 aromatic carbocycles. The number of aromatic carboxylic acids is 1. The molecular weight excluding hydrogens is 428 g/mol. The predicted molar refractivity (Wildman–Crippen MR) is 124 cm³/mol. The van der Waals surface area contributed by atoms with Gasteiger partial charge in [0.1, 0.15) is 22.3 Å². The van der Waals surface area contributed by atoms with Crippen molar-refractivity contribution < 1.29 is 19.4 Å². The summed E-state index contributed by atoms with van der Waals surface area (Å²) in [4.78, 5) is 16.5. The largest absolute Gasteiger partial charge is 0.494 e. The average molecular weight is 451 g/mol. The zero-order valence-corrected chi connectivity index (χ0v) is 18.9. The van der Waals surface area contributed by atoms with Crippen molar-refractivity contribution in [2.75, 3.05) is 19.5 Å². The van der Waals surface area contributed by atoms with Crippen LogP contribution < -0.4 is 14.8 Å². The van der Waals surface area contributed by atoms with Crippen LogP contribution in [0.3, 0.4) is 0 Å². The molecule has 4 rings (SSSR count). The Balaban J connectivity index is 1.96. The molecule has 2 N–H and O–H groups in total. The number of benzene rings is 2. The topological polar surface area (TPSA) is 98.5 Å². The zero-order valence-electron chi connectivity index (χ0n) is 18.0. The summed E-state index contributed by atoms with van der Waals surface area (Å²) in [6.07, 6.45) is 0. The third-order valence-electron chi connectivity index (χ3n) is 4.94. The third kappa shape index (κ3) is 3.90. The quantitative estimate of drug-likeness (QED) is 0.405. The number of hydrogen-bond donors (Lipinski definition) is 2. The van der Waals surface area contributed by atoms with Gasteiger partial charge in [0.15, 0.2) is 0 Å². The van der Waals surface area contributed by atoms with Crippen molar-refractivity contribution in [1.82, 2.24) is 14.8 Å². The van der Waals surface area contributed by atoms with E-state index in [2.05, 4.69) is 10.3 Å². The molecule has 8 nitrogen and oxygen atoms in total. The number of nitrogens with one attached hydrogen (secondary N) is 1. The second kappa shape index (κ2) is 8.72. The van der Waals surface area contributed by atoms with Crippen molar-refractivity contribution in [3.05, 3.63) is 64.7 Å². The molecule has 0 aliphatic carbocycles. The molecule has 2 heterocycles. The van der Waals surface area contributed by atoms with Crippen molar-refractivity contribution in [3.63, 3.8) is 0 Å². The lowest BCUT2D eigenvalue weighted by Crippen LogP contribution is -2.08. The molecular formula is C23H22N4O4S. The number of para-hydroxylation sites is 2. The number of aromatic nitrogens is 3. The molecule has 0 saturated carbocycles. The Morgan fingerprint density at radius 3 is 2.59 bits per heavy atom. The minimum Gasteiger partial charge on any atom is -0.494 e. The summed E-state index contributed by atoms with van der Waals surface area (Å²) in [6, 6.07) is 12.7. The van der Waals surface area contributed by atoms with E-state index in [0.717, 1.165) is 16.8 Å². The number of anilines is 2. The Morgan fingerprint density at radius 1 is 1.12 bits per heavy atom. The third-order valence-corrected chi connectivity index (χ3v) is 5.78. The van der Waals surface area contributed by atoms with Gasteiger partial charge in [-0.15, -0.1) is 11.3 Å². The smallest absolute Gasteiger partial charge is 0.337 e. The SMILES string of the molecule is COc1csc(-c2c(C)nn(-c3ccccc3OC)c2Nc2ccc(C)cc2C(=O)O)n1. The van der Waals surface area contributed by atoms with Gasteiger partial charge in [-0.2, -0.15) is 5.10 Å². The van der Waals surface area contributed by atoms with E-state index in [9.17, 15) is 9.90 Å². The van der Waals surface area contributed by atoms with Gasteiger partial charge in [0.25, 0.3) is 0 Å². The first kappa shape index (κ1) is 21.4. The first-order chi connectivity index (χ1) is 15.4. The molecule has 164 valence electrons. The summed E-state index contributed by atoms with van der Waals surface area (Å²) in [5.74, 6) is 0.690. The van der Waals surface area contributed by atoms with E-state index in [0.29, 0.717) is 33.8 Å². The summed E-state index contributed by atoms with van der Waals surface area (Å²) in [5, 5.41) is 20.3. The fourth-order valence-electron chi connectivity index (χ4n) is 3.42. The van der Waals surface area contributed by atoms with Crippen molar-refractivity contribution >= 4 is 28.8 Å². The summed E-state index contributed by atoms with van der Waals surface area (Å²) in [5.41, 5.74) is 3.65. The fraction of sp³-hybridized carbons (Fsp3) is 0.174. The number of carbonyl (C=O) groups is 1. The number of methoxy groups -OCH3 is 2. The van der Waals surface area contributed by atoms with Crippen LogP contribution >= 0.6 is 11.3 Å².